The van der Waals surface area contributed by atoms with Gasteiger partial charge in [-0.1, -0.05) is 40.2 Å². The number of nitrogens with zero attached hydrogens (tertiary/aromatic N) is 2. The van der Waals surface area contributed by atoms with E-state index in [9.17, 15) is 10.4 Å². The van der Waals surface area contributed by atoms with Crippen LogP contribution in [0.5, 0.6) is 5.75 Å². The van der Waals surface area contributed by atoms with Crippen molar-refractivity contribution in [1.29, 1.82) is 5.26 Å². The van der Waals surface area contributed by atoms with E-state index in [4.69, 9.17) is 0 Å². The molecule has 3 nitrogen and oxygen atoms in total. The zero-order valence-corrected chi connectivity index (χ0v) is 14.0. The topological polar surface area (TPSA) is 56.9 Å². The number of aromatic hydroxyl groups is 1. The molecule has 1 heterocycles. The van der Waals surface area contributed by atoms with Gasteiger partial charge in [0.2, 0.25) is 0 Å². The Morgan fingerprint density at radius 1 is 1.04 bits per heavy atom. The van der Waals surface area contributed by atoms with Crippen LogP contribution in [0.15, 0.2) is 59.1 Å². The van der Waals surface area contributed by atoms with Gasteiger partial charge in [-0.2, -0.15) is 5.26 Å². The van der Waals surface area contributed by atoms with Gasteiger partial charge in [-0.15, -0.1) is 0 Å². The third kappa shape index (κ3) is 3.10. The number of aryl methyl sites for hydroxylation is 1. The van der Waals surface area contributed by atoms with Crippen molar-refractivity contribution in [2.75, 3.05) is 0 Å². The molecular formula is C19H13BrN2O. The number of aromatic nitrogens is 1. The molecule has 0 radical (unpaired) electrons. The fourth-order valence-corrected chi connectivity index (χ4v) is 2.91. The smallest absolute Gasteiger partial charge is 0.116 e. The summed E-state index contributed by atoms with van der Waals surface area (Å²) in [5.41, 5.74) is 4.55. The molecule has 0 atom stereocenters. The summed E-state index contributed by atoms with van der Waals surface area (Å²) in [4.78, 5) is 4.52. The second kappa shape index (κ2) is 6.23. The highest BCUT2D eigenvalue weighted by Crippen LogP contribution is 2.32. The molecule has 1 N–H and O–H groups in total. The molecule has 4 heteroatoms. The molecule has 1 aromatic heterocycles. The van der Waals surface area contributed by atoms with Crippen LogP contribution >= 0.6 is 15.9 Å². The van der Waals surface area contributed by atoms with E-state index in [1.54, 1.807) is 18.2 Å². The molecule has 3 aromatic rings. The normalized spacial score (nSPS) is 10.3. The Balaban J connectivity index is 2.25. The molecule has 0 saturated carbocycles. The highest BCUT2D eigenvalue weighted by atomic mass is 79.9. The first kappa shape index (κ1) is 15.3. The average molecular weight is 365 g/mol. The van der Waals surface area contributed by atoms with Gasteiger partial charge in [-0.3, -0.25) is 4.98 Å². The third-order valence-electron chi connectivity index (χ3n) is 3.59. The Bertz CT molecular complexity index is 929. The van der Waals surface area contributed by atoms with E-state index in [1.165, 1.54) is 0 Å². The Morgan fingerprint density at radius 3 is 2.48 bits per heavy atom. The molecule has 0 amide bonds. The first-order valence-corrected chi connectivity index (χ1v) is 7.85. The highest BCUT2D eigenvalue weighted by Gasteiger charge is 2.13. The zero-order chi connectivity index (χ0) is 16.4. The Morgan fingerprint density at radius 2 is 1.78 bits per heavy atom. The first-order chi connectivity index (χ1) is 11.1. The van der Waals surface area contributed by atoms with Crippen LogP contribution in [-0.4, -0.2) is 10.1 Å². The maximum atomic E-state index is 9.68. The van der Waals surface area contributed by atoms with E-state index in [-0.39, 0.29) is 5.75 Å². The van der Waals surface area contributed by atoms with E-state index in [0.717, 1.165) is 26.9 Å². The van der Waals surface area contributed by atoms with Crippen LogP contribution in [0.3, 0.4) is 0 Å². The fraction of sp³-hybridized carbons (Fsp3) is 0.0526. The lowest BCUT2D eigenvalue weighted by atomic mass is 9.97. The quantitative estimate of drug-likeness (QED) is 0.690. The van der Waals surface area contributed by atoms with Crippen LogP contribution < -0.4 is 0 Å². The summed E-state index contributed by atoms with van der Waals surface area (Å²) in [5.74, 6) is 0.190. The monoisotopic (exact) mass is 364 g/mol. The number of phenolic OH excluding ortho intramolecular Hbond substituents is 1. The molecule has 0 bridgehead atoms. The summed E-state index contributed by atoms with van der Waals surface area (Å²) < 4.78 is 0.951. The van der Waals surface area contributed by atoms with Crippen molar-refractivity contribution >= 4 is 15.9 Å². The Hall–Kier alpha value is -2.64. The minimum Gasteiger partial charge on any atom is -0.508 e. The number of pyridine rings is 1. The van der Waals surface area contributed by atoms with Gasteiger partial charge in [0.1, 0.15) is 11.8 Å². The van der Waals surface area contributed by atoms with Gasteiger partial charge < -0.3 is 5.11 Å². The molecule has 0 saturated heterocycles. The number of benzene rings is 2. The summed E-state index contributed by atoms with van der Waals surface area (Å²) in [6, 6.07) is 18.9. The van der Waals surface area contributed by atoms with Gasteiger partial charge in [0, 0.05) is 15.6 Å². The minimum atomic E-state index is 0.190. The summed E-state index contributed by atoms with van der Waals surface area (Å²) in [6.07, 6.45) is 0. The molecule has 112 valence electrons. The molecule has 0 aliphatic heterocycles. The molecule has 0 unspecified atom stereocenters. The molecule has 0 spiro atoms. The van der Waals surface area contributed by atoms with Crippen LogP contribution in [-0.2, 0) is 0 Å². The van der Waals surface area contributed by atoms with Gasteiger partial charge in [-0.25, -0.2) is 0 Å². The van der Waals surface area contributed by atoms with Gasteiger partial charge in [0.15, 0.2) is 0 Å². The van der Waals surface area contributed by atoms with Crippen LogP contribution in [0.25, 0.3) is 22.4 Å². The Labute approximate surface area is 143 Å². The number of halogens is 1. The van der Waals surface area contributed by atoms with E-state index in [2.05, 4.69) is 27.0 Å². The van der Waals surface area contributed by atoms with Crippen molar-refractivity contribution in [2.24, 2.45) is 0 Å². The first-order valence-electron chi connectivity index (χ1n) is 7.05. The van der Waals surface area contributed by atoms with Crippen LogP contribution in [0.4, 0.5) is 0 Å². The number of hydrogen-bond acceptors (Lipinski definition) is 3. The van der Waals surface area contributed by atoms with E-state index < -0.39 is 0 Å². The summed E-state index contributed by atoms with van der Waals surface area (Å²) in [7, 11) is 0. The molecule has 0 aliphatic rings. The number of nitriles is 1. The fourth-order valence-electron chi connectivity index (χ4n) is 2.51. The van der Waals surface area contributed by atoms with Gasteiger partial charge in [-0.05, 0) is 42.8 Å². The van der Waals surface area contributed by atoms with E-state index >= 15 is 0 Å². The lowest BCUT2D eigenvalue weighted by Crippen LogP contribution is -1.96. The molecule has 3 rings (SSSR count). The summed E-state index contributed by atoms with van der Waals surface area (Å²) in [5, 5.41) is 19.2. The van der Waals surface area contributed by atoms with Crippen molar-refractivity contribution in [3.63, 3.8) is 0 Å². The number of rotatable bonds is 2. The maximum Gasteiger partial charge on any atom is 0.116 e. The van der Waals surface area contributed by atoms with Crippen LogP contribution in [0.1, 0.15) is 11.3 Å². The lowest BCUT2D eigenvalue weighted by Gasteiger charge is -2.11. The molecule has 0 aliphatic carbocycles. The number of phenols is 1. The van der Waals surface area contributed by atoms with E-state index in [0.29, 0.717) is 11.3 Å². The lowest BCUT2D eigenvalue weighted by molar-refractivity contribution is 0.475. The predicted molar refractivity (Wildman–Crippen MR) is 93.9 cm³/mol. The highest BCUT2D eigenvalue weighted by molar-refractivity contribution is 9.10. The van der Waals surface area contributed by atoms with Crippen molar-refractivity contribution < 1.29 is 5.11 Å². The summed E-state index contributed by atoms with van der Waals surface area (Å²) in [6.45, 7) is 1.83. The Kier molecular flexibility index (Phi) is 4.14. The maximum absolute atomic E-state index is 9.68. The van der Waals surface area contributed by atoms with Gasteiger partial charge in [0.25, 0.3) is 0 Å². The van der Waals surface area contributed by atoms with Crippen molar-refractivity contribution in [3.05, 3.63) is 70.3 Å². The standard InChI is InChI=1S/C19H13BrN2O/c1-12-18(11-21)17(13-4-2-6-15(20)8-13)10-19(22-12)14-5-3-7-16(23)9-14/h2-10,23H,1H3. The molecule has 0 fully saturated rings. The molecular weight excluding hydrogens is 352 g/mol. The van der Waals surface area contributed by atoms with Gasteiger partial charge in [0.05, 0.1) is 17.0 Å². The van der Waals surface area contributed by atoms with Crippen molar-refractivity contribution in [1.82, 2.24) is 4.98 Å². The van der Waals surface area contributed by atoms with Crippen molar-refractivity contribution in [3.8, 4) is 34.2 Å². The summed E-state index contributed by atoms with van der Waals surface area (Å²) >= 11 is 3.47. The van der Waals surface area contributed by atoms with E-state index in [1.807, 2.05) is 43.3 Å². The molecule has 23 heavy (non-hydrogen) atoms. The van der Waals surface area contributed by atoms with Crippen LogP contribution in [0.2, 0.25) is 0 Å². The van der Waals surface area contributed by atoms with Crippen molar-refractivity contribution in [2.45, 2.75) is 6.92 Å². The minimum absolute atomic E-state index is 0.190. The number of hydrogen-bond donors (Lipinski definition) is 1. The van der Waals surface area contributed by atoms with Gasteiger partial charge >= 0.3 is 0 Å². The van der Waals surface area contributed by atoms with Crippen LogP contribution in [0, 0.1) is 18.3 Å². The molecule has 2 aromatic carbocycles. The largest absolute Gasteiger partial charge is 0.508 e. The predicted octanol–water partition coefficient (Wildman–Crippen LogP) is 5.06. The third-order valence-corrected chi connectivity index (χ3v) is 4.08. The average Bonchev–Trinajstić information content (AvgIpc) is 2.54. The second-order valence-electron chi connectivity index (χ2n) is 5.19. The zero-order valence-electron chi connectivity index (χ0n) is 12.4. The second-order valence-corrected chi connectivity index (χ2v) is 6.10. The SMILES string of the molecule is Cc1nc(-c2cccc(O)c2)cc(-c2cccc(Br)c2)c1C#N.